The summed E-state index contributed by atoms with van der Waals surface area (Å²) in [6.45, 7) is 13.1. The molecule has 3 aromatic rings. The number of amides is 3. The SMILES string of the molecule is CO[C@]1(C)C[C@H](O[C@H]2[C@H](C)[C@@H](O[C@@H]3O[C@H](C)C[C@H](N(C)C)[C@H]3O)[C@](C)(O)C[C@@H](C)CN(C(=O)Nc3ccc(Cl)cc3)CC(Cc3c[nH]c4ccccc34)NC(=O)[C@@H]2C)O[C@@H](C)[C@@H]1O. The fourth-order valence-electron chi connectivity index (χ4n) is 9.99. The largest absolute Gasteiger partial charge is 0.387 e. The molecular weight excluding hydrogens is 830 g/mol. The molecule has 0 saturated carbocycles. The number of halogens is 1. The summed E-state index contributed by atoms with van der Waals surface area (Å²) in [5.74, 6) is -2.27. The average molecular weight is 901 g/mol. The second-order valence-electron chi connectivity index (χ2n) is 19.1. The van der Waals surface area contributed by atoms with Gasteiger partial charge in [-0.25, -0.2) is 4.79 Å². The maximum atomic E-state index is 14.9. The molecule has 15 nitrogen and oxygen atoms in total. The van der Waals surface area contributed by atoms with E-state index in [1.807, 2.05) is 70.2 Å². The number of carbonyl (C=O) groups excluding carboxylic acids is 2. The molecule has 16 heteroatoms. The number of likely N-dealkylation sites (N-methyl/N-ethyl adjacent to an activating group) is 1. The van der Waals surface area contributed by atoms with Crippen molar-refractivity contribution >= 4 is 40.1 Å². The fourth-order valence-corrected chi connectivity index (χ4v) is 10.1. The summed E-state index contributed by atoms with van der Waals surface area (Å²) in [7, 11) is 5.31. The summed E-state index contributed by atoms with van der Waals surface area (Å²) in [5, 5.41) is 43.5. The molecule has 4 heterocycles. The van der Waals surface area contributed by atoms with Gasteiger partial charge in [0.1, 0.15) is 12.2 Å². The van der Waals surface area contributed by atoms with Gasteiger partial charge in [0.05, 0.1) is 47.6 Å². The van der Waals surface area contributed by atoms with Gasteiger partial charge >= 0.3 is 6.03 Å². The topological polar surface area (TPSA) is 187 Å². The number of nitrogens with zero attached hydrogens (tertiary/aromatic N) is 2. The molecule has 2 aromatic carbocycles. The first-order valence-corrected chi connectivity index (χ1v) is 22.7. The molecular formula is C47H70ClN5O10. The number of urea groups is 1. The van der Waals surface area contributed by atoms with Crippen LogP contribution in [0.4, 0.5) is 10.5 Å². The molecule has 3 fully saturated rings. The van der Waals surface area contributed by atoms with Crippen LogP contribution in [-0.4, -0.2) is 149 Å². The average Bonchev–Trinajstić information content (AvgIpc) is 3.63. The van der Waals surface area contributed by atoms with Gasteiger partial charge in [-0.15, -0.1) is 0 Å². The van der Waals surface area contributed by atoms with Crippen LogP contribution in [0.5, 0.6) is 0 Å². The minimum atomic E-state index is -1.62. The first kappa shape index (κ1) is 49.1. The number of nitrogens with one attached hydrogen (secondary N) is 3. The zero-order chi connectivity index (χ0) is 46.0. The van der Waals surface area contributed by atoms with Crippen molar-refractivity contribution in [3.05, 3.63) is 65.3 Å². The first-order chi connectivity index (χ1) is 29.7. The number of aliphatic hydroxyl groups is 3. The number of aromatic amines is 1. The number of aromatic nitrogens is 1. The molecule has 15 atom stereocenters. The Morgan fingerprint density at radius 3 is 2.38 bits per heavy atom. The maximum absolute atomic E-state index is 14.9. The second-order valence-corrected chi connectivity index (χ2v) is 19.5. The van der Waals surface area contributed by atoms with Crippen LogP contribution in [0.2, 0.25) is 5.02 Å². The Morgan fingerprint density at radius 1 is 1.00 bits per heavy atom. The number of methoxy groups -OCH3 is 1. The highest BCUT2D eigenvalue weighted by Gasteiger charge is 2.51. The van der Waals surface area contributed by atoms with Gasteiger partial charge in [-0.1, -0.05) is 50.6 Å². The molecule has 6 N–H and O–H groups in total. The van der Waals surface area contributed by atoms with E-state index in [-0.39, 0.29) is 55.9 Å². The molecule has 0 radical (unpaired) electrons. The lowest BCUT2D eigenvalue weighted by atomic mass is 9.77. The van der Waals surface area contributed by atoms with E-state index in [1.54, 1.807) is 56.9 Å². The third-order valence-electron chi connectivity index (χ3n) is 13.5. The number of hydrogen-bond acceptors (Lipinski definition) is 11. The lowest BCUT2D eigenvalue weighted by Crippen LogP contribution is -2.60. The number of aliphatic hydroxyl groups excluding tert-OH is 2. The number of benzene rings is 2. The Kier molecular flexibility index (Phi) is 15.9. The van der Waals surface area contributed by atoms with Crippen LogP contribution in [-0.2, 0) is 34.9 Å². The normalized spacial score (nSPS) is 37.5. The van der Waals surface area contributed by atoms with Gasteiger partial charge in [0.25, 0.3) is 0 Å². The van der Waals surface area contributed by atoms with Crippen molar-refractivity contribution < 1.29 is 48.6 Å². The van der Waals surface area contributed by atoms with E-state index in [4.69, 9.17) is 35.3 Å². The maximum Gasteiger partial charge on any atom is 0.321 e. The van der Waals surface area contributed by atoms with Crippen LogP contribution < -0.4 is 10.6 Å². The van der Waals surface area contributed by atoms with Gasteiger partial charge in [-0.3, -0.25) is 4.79 Å². The van der Waals surface area contributed by atoms with Crippen LogP contribution in [0.15, 0.2) is 54.7 Å². The van der Waals surface area contributed by atoms with Gasteiger partial charge in [0, 0.05) is 66.4 Å². The van der Waals surface area contributed by atoms with E-state index in [2.05, 4.69) is 15.6 Å². The molecule has 0 bridgehead atoms. The molecule has 3 saturated heterocycles. The molecule has 3 amide bonds. The molecule has 1 aromatic heterocycles. The third kappa shape index (κ3) is 11.6. The van der Waals surface area contributed by atoms with E-state index in [1.165, 1.54) is 7.11 Å². The van der Waals surface area contributed by atoms with Crippen LogP contribution in [0.1, 0.15) is 73.3 Å². The summed E-state index contributed by atoms with van der Waals surface area (Å²) >= 11 is 6.17. The van der Waals surface area contributed by atoms with E-state index >= 15 is 0 Å². The monoisotopic (exact) mass is 899 g/mol. The lowest BCUT2D eigenvalue weighted by Gasteiger charge is -2.48. The van der Waals surface area contributed by atoms with Crippen molar-refractivity contribution in [2.45, 2.75) is 147 Å². The van der Waals surface area contributed by atoms with Gasteiger partial charge in [-0.05, 0) is 103 Å². The number of anilines is 1. The summed E-state index contributed by atoms with van der Waals surface area (Å²) < 4.78 is 32.1. The lowest BCUT2D eigenvalue weighted by molar-refractivity contribution is -0.317. The molecule has 3 aliphatic heterocycles. The summed E-state index contributed by atoms with van der Waals surface area (Å²) in [4.78, 5) is 36.2. The zero-order valence-electron chi connectivity index (χ0n) is 38.4. The van der Waals surface area contributed by atoms with Crippen LogP contribution in [0.3, 0.4) is 0 Å². The highest BCUT2D eigenvalue weighted by molar-refractivity contribution is 6.30. The minimum absolute atomic E-state index is 0.129. The fraction of sp³-hybridized carbons (Fsp3) is 0.660. The van der Waals surface area contributed by atoms with Gasteiger partial charge < -0.3 is 64.4 Å². The molecule has 0 aliphatic carbocycles. The van der Waals surface area contributed by atoms with E-state index < -0.39 is 72.2 Å². The third-order valence-corrected chi connectivity index (χ3v) is 13.7. The molecule has 3 aliphatic rings. The number of ether oxygens (including phenoxy) is 5. The van der Waals surface area contributed by atoms with E-state index in [0.717, 1.165) is 16.5 Å². The number of hydrogen-bond donors (Lipinski definition) is 6. The van der Waals surface area contributed by atoms with Crippen molar-refractivity contribution in [3.8, 4) is 0 Å². The number of rotatable bonds is 9. The number of H-pyrrole nitrogens is 1. The summed E-state index contributed by atoms with van der Waals surface area (Å²) in [5.41, 5.74) is -0.175. The first-order valence-electron chi connectivity index (χ1n) is 22.3. The summed E-state index contributed by atoms with van der Waals surface area (Å²) in [6, 6.07) is 13.5. The Balaban J connectivity index is 1.42. The Bertz CT molecular complexity index is 1980. The van der Waals surface area contributed by atoms with Crippen molar-refractivity contribution in [3.63, 3.8) is 0 Å². The Hall–Kier alpha value is -3.35. The Morgan fingerprint density at radius 2 is 1.70 bits per heavy atom. The minimum Gasteiger partial charge on any atom is -0.387 e. The number of carbonyl (C=O) groups is 2. The number of fused-ring (bicyclic) bond motifs is 1. The highest BCUT2D eigenvalue weighted by atomic mass is 35.5. The van der Waals surface area contributed by atoms with Crippen molar-refractivity contribution in [1.29, 1.82) is 0 Å². The molecule has 350 valence electrons. The smallest absolute Gasteiger partial charge is 0.321 e. The highest BCUT2D eigenvalue weighted by Crippen LogP contribution is 2.39. The Labute approximate surface area is 377 Å². The van der Waals surface area contributed by atoms with Crippen LogP contribution >= 0.6 is 11.6 Å². The van der Waals surface area contributed by atoms with Gasteiger partial charge in [-0.2, -0.15) is 0 Å². The quantitative estimate of drug-likeness (QED) is 0.158. The predicted octanol–water partition coefficient (Wildman–Crippen LogP) is 5.54. The number of para-hydroxylation sites is 1. The van der Waals surface area contributed by atoms with Crippen molar-refractivity contribution in [2.24, 2.45) is 17.8 Å². The zero-order valence-corrected chi connectivity index (χ0v) is 39.2. The van der Waals surface area contributed by atoms with Gasteiger partial charge in [0.2, 0.25) is 5.91 Å². The summed E-state index contributed by atoms with van der Waals surface area (Å²) in [6.07, 6.45) is -3.82. The van der Waals surface area contributed by atoms with Crippen molar-refractivity contribution in [2.75, 3.05) is 39.6 Å². The molecule has 0 spiro atoms. The molecule has 6 rings (SSSR count). The standard InChI is InChI=1S/C47H70ClN5O10/c1-26-21-46(6,58)42(63-44-39(54)37(52(8)9)19-27(2)60-44)28(3)40(62-38-22-47(7,59-10)41(55)30(5)61-38)29(4)43(56)50-34(20-31-23-49-36-14-12-11-13-35(31)36)25-53(24-26)45(57)51-33-17-15-32(48)16-18-33/h11-18,23,26-30,34,37-42,44,49,54-55,58H,19-22,24-25H2,1-10H3,(H,50,56)(H,51,57)/t26-,27-,28+,29-,30+,34?,37+,38+,39-,40+,41+,42-,44+,46-,47-/m1/s1. The van der Waals surface area contributed by atoms with E-state index in [9.17, 15) is 24.9 Å². The van der Waals surface area contributed by atoms with Crippen molar-refractivity contribution in [1.82, 2.24) is 20.1 Å². The van der Waals surface area contributed by atoms with E-state index in [0.29, 0.717) is 23.6 Å². The molecule has 63 heavy (non-hydrogen) atoms. The second kappa shape index (κ2) is 20.4. The predicted molar refractivity (Wildman–Crippen MR) is 241 cm³/mol. The van der Waals surface area contributed by atoms with Crippen LogP contribution in [0, 0.1) is 17.8 Å². The van der Waals surface area contributed by atoms with Gasteiger partial charge in [0.15, 0.2) is 12.6 Å². The molecule has 1 unspecified atom stereocenters. The van der Waals surface area contributed by atoms with Crippen LogP contribution in [0.25, 0.3) is 10.9 Å².